The number of benzene rings is 2. The first-order valence-corrected chi connectivity index (χ1v) is 10.3. The van der Waals surface area contributed by atoms with Crippen LogP contribution in [0, 0.1) is 27.7 Å². The SMILES string of the molecule is Cc1ccc(C)c(N([C@@H](C)C(=O)Nc2cccc(C)c2C)S(C)(=O)=O)c1. The first kappa shape index (κ1) is 20.0. The summed E-state index contributed by atoms with van der Waals surface area (Å²) in [6, 6.07) is 10.3. The van der Waals surface area contributed by atoms with Gasteiger partial charge in [0.15, 0.2) is 0 Å². The zero-order chi connectivity index (χ0) is 19.6. The van der Waals surface area contributed by atoms with Crippen LogP contribution in [-0.4, -0.2) is 26.6 Å². The fourth-order valence-electron chi connectivity index (χ4n) is 2.86. The fourth-order valence-corrected chi connectivity index (χ4v) is 4.09. The molecule has 0 bridgehead atoms. The van der Waals surface area contributed by atoms with Crippen LogP contribution in [-0.2, 0) is 14.8 Å². The summed E-state index contributed by atoms with van der Waals surface area (Å²) in [5.74, 6) is -0.370. The van der Waals surface area contributed by atoms with Crippen LogP contribution in [0.2, 0.25) is 0 Å². The number of amides is 1. The lowest BCUT2D eigenvalue weighted by Crippen LogP contribution is -2.45. The van der Waals surface area contributed by atoms with Crippen LogP contribution >= 0.6 is 0 Å². The second kappa shape index (κ2) is 7.50. The van der Waals surface area contributed by atoms with E-state index in [4.69, 9.17) is 0 Å². The summed E-state index contributed by atoms with van der Waals surface area (Å²) < 4.78 is 26.1. The van der Waals surface area contributed by atoms with Gasteiger partial charge >= 0.3 is 0 Å². The molecular weight excluding hydrogens is 348 g/mol. The average Bonchev–Trinajstić information content (AvgIpc) is 2.54. The second-order valence-electron chi connectivity index (χ2n) is 6.76. The number of carbonyl (C=O) groups is 1. The first-order chi connectivity index (χ1) is 12.0. The number of nitrogens with zero attached hydrogens (tertiary/aromatic N) is 1. The largest absolute Gasteiger partial charge is 0.324 e. The Labute approximate surface area is 156 Å². The maximum Gasteiger partial charge on any atom is 0.248 e. The summed E-state index contributed by atoms with van der Waals surface area (Å²) in [6.45, 7) is 9.22. The van der Waals surface area contributed by atoms with Crippen LogP contribution in [0.4, 0.5) is 11.4 Å². The molecule has 0 aromatic heterocycles. The Bertz CT molecular complexity index is 936. The van der Waals surface area contributed by atoms with Gasteiger partial charge in [0.2, 0.25) is 15.9 Å². The quantitative estimate of drug-likeness (QED) is 0.867. The van der Waals surface area contributed by atoms with E-state index in [1.807, 2.05) is 58.0 Å². The molecule has 140 valence electrons. The van der Waals surface area contributed by atoms with E-state index in [1.165, 1.54) is 4.31 Å². The van der Waals surface area contributed by atoms with Gasteiger partial charge in [-0.05, 0) is 69.0 Å². The third-order valence-corrected chi connectivity index (χ3v) is 5.78. The molecule has 0 aliphatic rings. The van der Waals surface area contributed by atoms with Crippen molar-refractivity contribution in [3.05, 3.63) is 58.7 Å². The van der Waals surface area contributed by atoms with Crippen LogP contribution in [0.1, 0.15) is 29.2 Å². The Hall–Kier alpha value is -2.34. The molecule has 1 atom stereocenters. The summed E-state index contributed by atoms with van der Waals surface area (Å²) >= 11 is 0. The van der Waals surface area contributed by atoms with Crippen LogP contribution < -0.4 is 9.62 Å². The minimum Gasteiger partial charge on any atom is -0.324 e. The van der Waals surface area contributed by atoms with Gasteiger partial charge in [-0.3, -0.25) is 9.10 Å². The predicted octanol–water partition coefficient (Wildman–Crippen LogP) is 3.71. The minimum atomic E-state index is -3.64. The highest BCUT2D eigenvalue weighted by Crippen LogP contribution is 2.27. The number of anilines is 2. The Kier molecular flexibility index (Phi) is 5.76. The third kappa shape index (κ3) is 4.25. The van der Waals surface area contributed by atoms with E-state index in [9.17, 15) is 13.2 Å². The van der Waals surface area contributed by atoms with Crippen molar-refractivity contribution in [2.24, 2.45) is 0 Å². The normalized spacial score (nSPS) is 12.5. The Morgan fingerprint density at radius 2 is 1.69 bits per heavy atom. The van der Waals surface area contributed by atoms with Gasteiger partial charge in [0, 0.05) is 5.69 Å². The molecule has 26 heavy (non-hydrogen) atoms. The van der Waals surface area contributed by atoms with E-state index in [0.29, 0.717) is 11.4 Å². The van der Waals surface area contributed by atoms with Crippen LogP contribution in [0.15, 0.2) is 36.4 Å². The van der Waals surface area contributed by atoms with E-state index in [-0.39, 0.29) is 5.91 Å². The van der Waals surface area contributed by atoms with Gasteiger partial charge in [-0.1, -0.05) is 24.3 Å². The number of sulfonamides is 1. The van der Waals surface area contributed by atoms with Gasteiger partial charge in [-0.15, -0.1) is 0 Å². The Morgan fingerprint density at radius 3 is 2.31 bits per heavy atom. The van der Waals surface area contributed by atoms with Gasteiger partial charge < -0.3 is 5.32 Å². The van der Waals surface area contributed by atoms with Gasteiger partial charge in [0.25, 0.3) is 0 Å². The molecular formula is C20H26N2O3S. The number of nitrogens with one attached hydrogen (secondary N) is 1. The van der Waals surface area contributed by atoms with Crippen LogP contribution in [0.3, 0.4) is 0 Å². The molecule has 0 saturated carbocycles. The van der Waals surface area contributed by atoms with E-state index < -0.39 is 16.1 Å². The molecule has 2 aromatic rings. The Morgan fingerprint density at radius 1 is 1.04 bits per heavy atom. The molecule has 0 saturated heterocycles. The summed E-state index contributed by atoms with van der Waals surface area (Å²) in [4.78, 5) is 12.8. The van der Waals surface area contributed by atoms with Crippen molar-refractivity contribution in [3.8, 4) is 0 Å². The topological polar surface area (TPSA) is 66.5 Å². The molecule has 0 spiro atoms. The van der Waals surface area contributed by atoms with E-state index >= 15 is 0 Å². The van der Waals surface area contributed by atoms with Crippen molar-refractivity contribution >= 4 is 27.3 Å². The van der Waals surface area contributed by atoms with Crippen molar-refractivity contribution in [2.45, 2.75) is 40.7 Å². The summed E-state index contributed by atoms with van der Waals surface area (Å²) in [5, 5.41) is 2.86. The highest BCUT2D eigenvalue weighted by atomic mass is 32.2. The Balaban J connectivity index is 2.41. The molecule has 5 nitrogen and oxygen atoms in total. The molecule has 0 radical (unpaired) electrons. The van der Waals surface area contributed by atoms with Crippen molar-refractivity contribution in [2.75, 3.05) is 15.9 Å². The average molecular weight is 375 g/mol. The smallest absolute Gasteiger partial charge is 0.248 e. The molecule has 0 heterocycles. The standard InChI is InChI=1S/C20H26N2O3S/c1-13-10-11-15(3)19(12-13)22(26(6,24)25)17(5)20(23)21-18-9-7-8-14(2)16(18)4/h7-12,17H,1-6H3,(H,21,23)/t17-/m0/s1. The van der Waals surface area contributed by atoms with Crippen molar-refractivity contribution in [1.29, 1.82) is 0 Å². The maximum absolute atomic E-state index is 12.8. The van der Waals surface area contributed by atoms with Crippen LogP contribution in [0.5, 0.6) is 0 Å². The van der Waals surface area contributed by atoms with E-state index in [0.717, 1.165) is 28.5 Å². The molecule has 0 aliphatic heterocycles. The highest BCUT2D eigenvalue weighted by molar-refractivity contribution is 7.92. The molecule has 0 unspecified atom stereocenters. The number of rotatable bonds is 5. The van der Waals surface area contributed by atoms with Crippen molar-refractivity contribution in [1.82, 2.24) is 0 Å². The van der Waals surface area contributed by atoms with Gasteiger partial charge in [0.05, 0.1) is 11.9 Å². The zero-order valence-electron chi connectivity index (χ0n) is 16.1. The van der Waals surface area contributed by atoms with Crippen molar-refractivity contribution in [3.63, 3.8) is 0 Å². The molecule has 2 rings (SSSR count). The molecule has 2 aromatic carbocycles. The number of hydrogen-bond donors (Lipinski definition) is 1. The maximum atomic E-state index is 12.8. The summed E-state index contributed by atoms with van der Waals surface area (Å²) in [5.41, 5.74) is 4.97. The number of aryl methyl sites for hydroxylation is 3. The predicted molar refractivity (Wildman–Crippen MR) is 107 cm³/mol. The van der Waals surface area contributed by atoms with E-state index in [2.05, 4.69) is 5.32 Å². The zero-order valence-corrected chi connectivity index (χ0v) is 16.9. The highest BCUT2D eigenvalue weighted by Gasteiger charge is 2.30. The number of hydrogen-bond acceptors (Lipinski definition) is 3. The van der Waals surface area contributed by atoms with Crippen LogP contribution in [0.25, 0.3) is 0 Å². The van der Waals surface area contributed by atoms with Crippen molar-refractivity contribution < 1.29 is 13.2 Å². The van der Waals surface area contributed by atoms with E-state index in [1.54, 1.807) is 13.0 Å². The van der Waals surface area contributed by atoms with Gasteiger partial charge in [-0.2, -0.15) is 0 Å². The molecule has 0 fully saturated rings. The number of carbonyl (C=O) groups excluding carboxylic acids is 1. The monoisotopic (exact) mass is 374 g/mol. The lowest BCUT2D eigenvalue weighted by atomic mass is 10.1. The summed E-state index contributed by atoms with van der Waals surface area (Å²) in [7, 11) is -3.64. The lowest BCUT2D eigenvalue weighted by Gasteiger charge is -2.30. The summed E-state index contributed by atoms with van der Waals surface area (Å²) in [6.07, 6.45) is 1.12. The second-order valence-corrected chi connectivity index (χ2v) is 8.62. The molecule has 0 aliphatic carbocycles. The first-order valence-electron chi connectivity index (χ1n) is 8.46. The lowest BCUT2D eigenvalue weighted by molar-refractivity contribution is -0.116. The third-order valence-electron chi connectivity index (χ3n) is 4.55. The molecule has 6 heteroatoms. The minimum absolute atomic E-state index is 0.370. The molecule has 1 amide bonds. The molecule has 1 N–H and O–H groups in total. The van der Waals surface area contributed by atoms with Gasteiger partial charge in [0.1, 0.15) is 6.04 Å². The fraction of sp³-hybridized carbons (Fsp3) is 0.350. The van der Waals surface area contributed by atoms with Gasteiger partial charge in [-0.25, -0.2) is 8.42 Å².